The number of hydrogen-bond donors (Lipinski definition) is 2. The van der Waals surface area contributed by atoms with Gasteiger partial charge in [0.15, 0.2) is 0 Å². The Balaban J connectivity index is 2.63. The van der Waals surface area contributed by atoms with Crippen LogP contribution < -0.4 is 0 Å². The van der Waals surface area contributed by atoms with Gasteiger partial charge in [0, 0.05) is 0 Å². The lowest BCUT2D eigenvalue weighted by molar-refractivity contribution is -0.171. The lowest BCUT2D eigenvalue weighted by Gasteiger charge is -2.40. The van der Waals surface area contributed by atoms with E-state index in [-0.39, 0.29) is 30.7 Å². The van der Waals surface area contributed by atoms with Crippen molar-refractivity contribution in [3.8, 4) is 0 Å². The molecule has 0 radical (unpaired) electrons. The van der Waals surface area contributed by atoms with Gasteiger partial charge in [0.1, 0.15) is 0 Å². The smallest absolute Gasteiger partial charge is 0.0839 e. The van der Waals surface area contributed by atoms with E-state index in [9.17, 15) is 5.11 Å². The van der Waals surface area contributed by atoms with Crippen LogP contribution >= 0.6 is 0 Å². The molecule has 0 saturated carbocycles. The number of aliphatic hydroxyl groups is 2. The summed E-state index contributed by atoms with van der Waals surface area (Å²) in [5, 5.41) is 18.6. The predicted octanol–water partition coefficient (Wildman–Crippen LogP) is 0.399. The molecule has 0 spiro atoms. The maximum Gasteiger partial charge on any atom is 0.0839 e. The second-order valence-corrected chi connectivity index (χ2v) is 3.77. The van der Waals surface area contributed by atoms with Gasteiger partial charge in [-0.3, -0.25) is 0 Å². The molecule has 1 aliphatic heterocycles. The summed E-state index contributed by atoms with van der Waals surface area (Å²) in [7, 11) is 0. The third-order valence-electron chi connectivity index (χ3n) is 3.00. The van der Waals surface area contributed by atoms with Crippen molar-refractivity contribution >= 4 is 0 Å². The zero-order valence-electron chi connectivity index (χ0n) is 7.90. The molecular formula is C9H18O3. The molecule has 3 unspecified atom stereocenters. The monoisotopic (exact) mass is 174 g/mol. The van der Waals surface area contributed by atoms with Crippen molar-refractivity contribution in [3.05, 3.63) is 0 Å². The van der Waals surface area contributed by atoms with Crippen LogP contribution in [0, 0.1) is 11.8 Å². The van der Waals surface area contributed by atoms with Gasteiger partial charge in [-0.2, -0.15) is 0 Å². The molecule has 1 saturated heterocycles. The Kier molecular flexibility index (Phi) is 3.09. The van der Waals surface area contributed by atoms with Gasteiger partial charge < -0.3 is 14.9 Å². The molecule has 2 N–H and O–H groups in total. The summed E-state index contributed by atoms with van der Waals surface area (Å²) in [4.78, 5) is 0. The van der Waals surface area contributed by atoms with Crippen molar-refractivity contribution in [2.24, 2.45) is 11.8 Å². The molecule has 0 aromatic rings. The summed E-state index contributed by atoms with van der Waals surface area (Å²) in [6.07, 6.45) is -0.672. The molecule has 72 valence electrons. The fourth-order valence-electron chi connectivity index (χ4n) is 1.77. The first-order valence-corrected chi connectivity index (χ1v) is 4.52. The van der Waals surface area contributed by atoms with Crippen LogP contribution in [0.1, 0.15) is 20.8 Å². The van der Waals surface area contributed by atoms with Crippen molar-refractivity contribution in [3.63, 3.8) is 0 Å². The summed E-state index contributed by atoms with van der Waals surface area (Å²) in [5.41, 5.74) is 0. The molecule has 3 heteroatoms. The third-order valence-corrected chi connectivity index (χ3v) is 3.00. The van der Waals surface area contributed by atoms with Crippen LogP contribution in [0.15, 0.2) is 0 Å². The quantitative estimate of drug-likeness (QED) is 0.605. The minimum absolute atomic E-state index is 0.0442. The molecule has 0 aliphatic carbocycles. The van der Waals surface area contributed by atoms with Gasteiger partial charge in [-0.1, -0.05) is 13.8 Å². The van der Waals surface area contributed by atoms with Crippen molar-refractivity contribution in [2.45, 2.75) is 39.1 Å². The highest BCUT2D eigenvalue weighted by atomic mass is 16.5. The van der Waals surface area contributed by atoms with Gasteiger partial charge in [-0.25, -0.2) is 0 Å². The van der Waals surface area contributed by atoms with Crippen LogP contribution in [0.25, 0.3) is 0 Å². The Morgan fingerprint density at radius 2 is 1.75 bits per heavy atom. The molecule has 3 nitrogen and oxygen atoms in total. The zero-order chi connectivity index (χ0) is 9.30. The largest absolute Gasteiger partial charge is 0.394 e. The topological polar surface area (TPSA) is 49.7 Å². The van der Waals surface area contributed by atoms with E-state index in [4.69, 9.17) is 9.84 Å². The third kappa shape index (κ3) is 1.63. The highest BCUT2D eigenvalue weighted by Gasteiger charge is 2.37. The van der Waals surface area contributed by atoms with E-state index in [1.165, 1.54) is 0 Å². The van der Waals surface area contributed by atoms with Gasteiger partial charge >= 0.3 is 0 Å². The van der Waals surface area contributed by atoms with E-state index < -0.39 is 6.10 Å². The molecule has 1 rings (SSSR count). The van der Waals surface area contributed by atoms with Gasteiger partial charge in [0.05, 0.1) is 24.9 Å². The van der Waals surface area contributed by atoms with E-state index >= 15 is 0 Å². The summed E-state index contributed by atoms with van der Waals surface area (Å²) < 4.78 is 5.43. The van der Waals surface area contributed by atoms with Crippen molar-refractivity contribution < 1.29 is 14.9 Å². The van der Waals surface area contributed by atoms with Crippen LogP contribution in [-0.4, -0.2) is 35.1 Å². The molecule has 1 fully saturated rings. The maximum absolute atomic E-state index is 9.62. The summed E-state index contributed by atoms with van der Waals surface area (Å²) in [6.45, 7) is 5.88. The number of aliphatic hydroxyl groups excluding tert-OH is 2. The molecular weight excluding hydrogens is 156 g/mol. The SMILES string of the molecule is CC1C(O)[C@@H](C)OC(CO)[C@@H]1C. The Morgan fingerprint density at radius 1 is 1.17 bits per heavy atom. The van der Waals surface area contributed by atoms with Crippen LogP contribution in [0.2, 0.25) is 0 Å². The predicted molar refractivity (Wildman–Crippen MR) is 45.8 cm³/mol. The minimum atomic E-state index is -0.400. The van der Waals surface area contributed by atoms with Crippen molar-refractivity contribution in [1.82, 2.24) is 0 Å². The van der Waals surface area contributed by atoms with E-state index in [1.54, 1.807) is 0 Å². The number of ether oxygens (including phenoxy) is 1. The van der Waals surface area contributed by atoms with Crippen LogP contribution in [-0.2, 0) is 4.74 Å². The minimum Gasteiger partial charge on any atom is -0.394 e. The first-order valence-electron chi connectivity index (χ1n) is 4.52. The van der Waals surface area contributed by atoms with E-state index in [0.717, 1.165) is 0 Å². The first-order chi connectivity index (χ1) is 5.57. The summed E-state index contributed by atoms with van der Waals surface area (Å²) in [5.74, 6) is 0.423. The van der Waals surface area contributed by atoms with Gasteiger partial charge in [-0.05, 0) is 18.8 Å². The molecule has 1 heterocycles. The first kappa shape index (κ1) is 9.96. The molecule has 5 atom stereocenters. The highest BCUT2D eigenvalue weighted by Crippen LogP contribution is 2.29. The normalized spacial score (nSPS) is 49.2. The van der Waals surface area contributed by atoms with Crippen LogP contribution in [0.3, 0.4) is 0 Å². The van der Waals surface area contributed by atoms with Crippen molar-refractivity contribution in [2.75, 3.05) is 6.61 Å². The van der Waals surface area contributed by atoms with E-state index in [1.807, 2.05) is 20.8 Å². The van der Waals surface area contributed by atoms with Gasteiger partial charge in [-0.15, -0.1) is 0 Å². The van der Waals surface area contributed by atoms with Crippen LogP contribution in [0.4, 0.5) is 0 Å². The Morgan fingerprint density at radius 3 is 2.25 bits per heavy atom. The Bertz CT molecular complexity index is 144. The Hall–Kier alpha value is -0.120. The summed E-state index contributed by atoms with van der Waals surface area (Å²) >= 11 is 0. The molecule has 1 aliphatic rings. The fraction of sp³-hybridized carbons (Fsp3) is 1.00. The molecule has 0 bridgehead atoms. The fourth-order valence-corrected chi connectivity index (χ4v) is 1.77. The molecule has 0 amide bonds. The number of rotatable bonds is 1. The zero-order valence-corrected chi connectivity index (χ0v) is 7.90. The summed E-state index contributed by atoms with van der Waals surface area (Å²) in [6, 6.07) is 0. The van der Waals surface area contributed by atoms with E-state index in [0.29, 0.717) is 0 Å². The second-order valence-electron chi connectivity index (χ2n) is 3.77. The standard InChI is InChI=1S/C9H18O3/c1-5-6(2)9(11)7(3)12-8(5)4-10/h5-11H,4H2,1-3H3/t5-,6?,7-,8?,9?/m1/s1. The lowest BCUT2D eigenvalue weighted by atomic mass is 9.82. The van der Waals surface area contributed by atoms with Gasteiger partial charge in [0.2, 0.25) is 0 Å². The molecule has 0 aromatic heterocycles. The molecule has 0 aromatic carbocycles. The second kappa shape index (κ2) is 3.73. The maximum atomic E-state index is 9.62. The highest BCUT2D eigenvalue weighted by molar-refractivity contribution is 4.85. The van der Waals surface area contributed by atoms with Crippen LogP contribution in [0.5, 0.6) is 0 Å². The van der Waals surface area contributed by atoms with Gasteiger partial charge in [0.25, 0.3) is 0 Å². The average Bonchev–Trinajstić information content (AvgIpc) is 2.08. The molecule has 12 heavy (non-hydrogen) atoms. The lowest BCUT2D eigenvalue weighted by Crippen LogP contribution is -2.49. The number of hydrogen-bond acceptors (Lipinski definition) is 3. The van der Waals surface area contributed by atoms with E-state index in [2.05, 4.69) is 0 Å². The van der Waals surface area contributed by atoms with Crippen molar-refractivity contribution in [1.29, 1.82) is 0 Å². The average molecular weight is 174 g/mol. The Labute approximate surface area is 73.4 Å².